The number of rotatable bonds is 3. The first-order valence-corrected chi connectivity index (χ1v) is 9.70. The molecule has 4 aromatic rings. The van der Waals surface area contributed by atoms with E-state index >= 15 is 0 Å². The number of morpholine rings is 1. The Kier molecular flexibility index (Phi) is 4.28. The van der Waals surface area contributed by atoms with Gasteiger partial charge in [-0.25, -0.2) is 4.98 Å². The van der Waals surface area contributed by atoms with Crippen LogP contribution in [0.3, 0.4) is 0 Å². The highest BCUT2D eigenvalue weighted by Gasteiger charge is 2.24. The van der Waals surface area contributed by atoms with Gasteiger partial charge in [-0.2, -0.15) is 5.10 Å². The minimum Gasteiger partial charge on any atom is -0.377 e. The van der Waals surface area contributed by atoms with E-state index < -0.39 is 0 Å². The van der Waals surface area contributed by atoms with Crippen LogP contribution in [-0.2, 0) is 4.74 Å². The molecule has 0 amide bonds. The van der Waals surface area contributed by atoms with Crippen molar-refractivity contribution in [3.05, 3.63) is 42.0 Å². The van der Waals surface area contributed by atoms with E-state index in [1.807, 2.05) is 26.0 Å². The number of hydrogen-bond acceptors (Lipinski definition) is 7. The van der Waals surface area contributed by atoms with Crippen LogP contribution in [0, 0.1) is 13.8 Å². The van der Waals surface area contributed by atoms with Crippen LogP contribution in [-0.4, -0.2) is 51.1 Å². The van der Waals surface area contributed by atoms with Crippen molar-refractivity contribution >= 4 is 16.7 Å². The van der Waals surface area contributed by atoms with Gasteiger partial charge < -0.3 is 14.2 Å². The second-order valence-electron chi connectivity index (χ2n) is 7.37. The van der Waals surface area contributed by atoms with E-state index in [2.05, 4.69) is 38.2 Å². The van der Waals surface area contributed by atoms with E-state index in [0.29, 0.717) is 13.2 Å². The molecular formula is C21H22N6O2. The van der Waals surface area contributed by atoms with Crippen LogP contribution in [0.2, 0.25) is 0 Å². The van der Waals surface area contributed by atoms with E-state index in [4.69, 9.17) is 14.2 Å². The molecule has 1 aliphatic heterocycles. The molecule has 1 fully saturated rings. The molecule has 8 nitrogen and oxygen atoms in total. The topological polar surface area (TPSA) is 93.0 Å². The summed E-state index contributed by atoms with van der Waals surface area (Å²) in [6.07, 6.45) is 3.53. The number of aryl methyl sites for hydroxylation is 2. The number of ether oxygens (including phenoxy) is 1. The first-order valence-electron chi connectivity index (χ1n) is 9.70. The molecule has 1 unspecified atom stereocenters. The molecule has 0 saturated carbocycles. The van der Waals surface area contributed by atoms with Crippen LogP contribution in [0.5, 0.6) is 0 Å². The van der Waals surface area contributed by atoms with Gasteiger partial charge in [0.25, 0.3) is 0 Å². The molecule has 1 atom stereocenters. The fourth-order valence-corrected chi connectivity index (χ4v) is 4.01. The van der Waals surface area contributed by atoms with Crippen molar-refractivity contribution < 1.29 is 9.26 Å². The maximum atomic E-state index is 5.62. The van der Waals surface area contributed by atoms with E-state index in [0.717, 1.165) is 57.2 Å². The van der Waals surface area contributed by atoms with Gasteiger partial charge in [0.1, 0.15) is 22.8 Å². The summed E-state index contributed by atoms with van der Waals surface area (Å²) in [5.74, 6) is 1.69. The second kappa shape index (κ2) is 6.97. The number of nitrogens with zero attached hydrogens (tertiary/aromatic N) is 5. The van der Waals surface area contributed by atoms with Crippen LogP contribution in [0.15, 0.2) is 35.1 Å². The number of nitrogens with one attached hydrogen (secondary N) is 1. The molecule has 148 valence electrons. The minimum absolute atomic E-state index is 0.235. The number of pyridine rings is 2. The van der Waals surface area contributed by atoms with Crippen molar-refractivity contribution in [1.82, 2.24) is 25.3 Å². The first-order chi connectivity index (χ1) is 14.1. The van der Waals surface area contributed by atoms with Crippen LogP contribution in [0.25, 0.3) is 33.4 Å². The van der Waals surface area contributed by atoms with Gasteiger partial charge in [0.15, 0.2) is 0 Å². The Morgan fingerprint density at radius 1 is 1.21 bits per heavy atom. The molecule has 0 aromatic carbocycles. The highest BCUT2D eigenvalue weighted by atomic mass is 16.5. The zero-order valence-electron chi connectivity index (χ0n) is 16.6. The summed E-state index contributed by atoms with van der Waals surface area (Å²) < 4.78 is 11.1. The molecule has 0 aliphatic carbocycles. The normalized spacial score (nSPS) is 17.2. The monoisotopic (exact) mass is 390 g/mol. The van der Waals surface area contributed by atoms with Gasteiger partial charge >= 0.3 is 0 Å². The zero-order chi connectivity index (χ0) is 20.0. The molecule has 1 N–H and O–H groups in total. The Bertz CT molecular complexity index is 1150. The molecule has 1 aliphatic rings. The summed E-state index contributed by atoms with van der Waals surface area (Å²) in [6.45, 7) is 8.22. The van der Waals surface area contributed by atoms with Crippen molar-refractivity contribution in [1.29, 1.82) is 0 Å². The molecule has 1 saturated heterocycles. The smallest absolute Gasteiger partial charge is 0.141 e. The molecule has 4 aromatic heterocycles. The van der Waals surface area contributed by atoms with Crippen molar-refractivity contribution in [2.45, 2.75) is 26.8 Å². The lowest BCUT2D eigenvalue weighted by Crippen LogP contribution is -2.44. The number of hydrogen-bond donors (Lipinski definition) is 1. The Labute approximate surface area is 167 Å². The van der Waals surface area contributed by atoms with Gasteiger partial charge in [0, 0.05) is 35.5 Å². The summed E-state index contributed by atoms with van der Waals surface area (Å²) in [6, 6.07) is 6.27. The number of aromatic amines is 1. The summed E-state index contributed by atoms with van der Waals surface area (Å²) in [5, 5.41) is 12.3. The predicted molar refractivity (Wildman–Crippen MR) is 110 cm³/mol. The lowest BCUT2D eigenvalue weighted by molar-refractivity contribution is 0.0986. The average molecular weight is 390 g/mol. The van der Waals surface area contributed by atoms with Crippen molar-refractivity contribution in [2.24, 2.45) is 0 Å². The quantitative estimate of drug-likeness (QED) is 0.572. The van der Waals surface area contributed by atoms with E-state index in [1.165, 1.54) is 0 Å². The van der Waals surface area contributed by atoms with Crippen molar-refractivity contribution in [3.63, 3.8) is 0 Å². The summed E-state index contributed by atoms with van der Waals surface area (Å²) in [5.41, 5.74) is 5.33. The van der Waals surface area contributed by atoms with Crippen LogP contribution in [0.4, 0.5) is 5.82 Å². The molecule has 0 radical (unpaired) electrons. The number of anilines is 1. The largest absolute Gasteiger partial charge is 0.377 e. The van der Waals surface area contributed by atoms with Gasteiger partial charge in [0.05, 0.1) is 30.6 Å². The summed E-state index contributed by atoms with van der Waals surface area (Å²) in [7, 11) is 0. The highest BCUT2D eigenvalue weighted by molar-refractivity contribution is 6.02. The molecule has 5 rings (SSSR count). The number of fused-ring (bicyclic) bond motifs is 1. The average Bonchev–Trinajstić information content (AvgIpc) is 3.37. The zero-order valence-corrected chi connectivity index (χ0v) is 16.6. The third-order valence-corrected chi connectivity index (χ3v) is 5.43. The van der Waals surface area contributed by atoms with Crippen LogP contribution >= 0.6 is 0 Å². The second-order valence-corrected chi connectivity index (χ2v) is 7.37. The molecule has 0 spiro atoms. The standard InChI is InChI=1S/C21H22N6O2/c1-12-11-28-9-8-27(12)18-10-16(19-13(2)26-29-14(19)3)15-4-6-22-21(20(15)24-18)17-5-7-23-25-17/h4-7,10,12H,8-9,11H2,1-3H3,(H,23,25). The third kappa shape index (κ3) is 2.96. The summed E-state index contributed by atoms with van der Waals surface area (Å²) >= 11 is 0. The lowest BCUT2D eigenvalue weighted by Gasteiger charge is -2.34. The lowest BCUT2D eigenvalue weighted by atomic mass is 9.98. The van der Waals surface area contributed by atoms with Gasteiger partial charge in [0.2, 0.25) is 0 Å². The van der Waals surface area contributed by atoms with Crippen LogP contribution < -0.4 is 4.90 Å². The van der Waals surface area contributed by atoms with Crippen molar-refractivity contribution in [3.8, 4) is 22.5 Å². The molecule has 0 bridgehead atoms. The molecule has 8 heteroatoms. The van der Waals surface area contributed by atoms with Crippen molar-refractivity contribution in [2.75, 3.05) is 24.7 Å². The van der Waals surface area contributed by atoms with Gasteiger partial charge in [-0.15, -0.1) is 0 Å². The van der Waals surface area contributed by atoms with E-state index in [9.17, 15) is 0 Å². The first kappa shape index (κ1) is 17.8. The van der Waals surface area contributed by atoms with E-state index in [-0.39, 0.29) is 6.04 Å². The van der Waals surface area contributed by atoms with Gasteiger partial charge in [-0.1, -0.05) is 5.16 Å². The number of aromatic nitrogens is 5. The van der Waals surface area contributed by atoms with Crippen LogP contribution in [0.1, 0.15) is 18.4 Å². The predicted octanol–water partition coefficient (Wildman–Crippen LogP) is 3.52. The Balaban J connectivity index is 1.82. The highest BCUT2D eigenvalue weighted by Crippen LogP contribution is 2.38. The molecular weight excluding hydrogens is 368 g/mol. The Morgan fingerprint density at radius 3 is 2.83 bits per heavy atom. The maximum Gasteiger partial charge on any atom is 0.141 e. The SMILES string of the molecule is Cc1noc(C)c1-c1cc(N2CCOCC2C)nc2c(-c3ccn[nH]3)nccc12. The van der Waals surface area contributed by atoms with Gasteiger partial charge in [-0.3, -0.25) is 10.1 Å². The number of H-pyrrole nitrogens is 1. The fourth-order valence-electron chi connectivity index (χ4n) is 4.01. The molecule has 5 heterocycles. The third-order valence-electron chi connectivity index (χ3n) is 5.43. The summed E-state index contributed by atoms with van der Waals surface area (Å²) in [4.78, 5) is 11.9. The Morgan fingerprint density at radius 2 is 2.10 bits per heavy atom. The Hall–Kier alpha value is -3.26. The van der Waals surface area contributed by atoms with Gasteiger partial charge in [-0.05, 0) is 39.0 Å². The fraction of sp³-hybridized carbons (Fsp3) is 0.333. The van der Waals surface area contributed by atoms with E-state index in [1.54, 1.807) is 12.4 Å². The minimum atomic E-state index is 0.235. The molecule has 29 heavy (non-hydrogen) atoms. The maximum absolute atomic E-state index is 5.62.